The van der Waals surface area contributed by atoms with Crippen molar-refractivity contribution >= 4 is 0 Å². The Kier molecular flexibility index (Phi) is 2.78. The van der Waals surface area contributed by atoms with E-state index in [0.29, 0.717) is 11.8 Å². The van der Waals surface area contributed by atoms with E-state index < -0.39 is 0 Å². The van der Waals surface area contributed by atoms with Crippen LogP contribution in [-0.4, -0.2) is 10.2 Å². The van der Waals surface area contributed by atoms with E-state index in [1.54, 1.807) is 0 Å². The molecule has 0 aliphatic carbocycles. The van der Waals surface area contributed by atoms with Crippen molar-refractivity contribution in [2.45, 2.75) is 19.4 Å². The largest absolute Gasteiger partial charge is 0.423 e. The number of benzene rings is 1. The van der Waals surface area contributed by atoms with E-state index in [1.807, 2.05) is 37.3 Å². The molecule has 0 aliphatic heterocycles. The molecule has 0 spiro atoms. The standard InChI is InChI=1S/C11H13N3O/c1-8(9-5-3-2-4-6-9)11-14-13-10(7-12)15-11/h2-6,8H,7,12H2,1H3. The van der Waals surface area contributed by atoms with Crippen LogP contribution in [0.2, 0.25) is 0 Å². The van der Waals surface area contributed by atoms with Crippen LogP contribution in [0.5, 0.6) is 0 Å². The summed E-state index contributed by atoms with van der Waals surface area (Å²) in [6, 6.07) is 10.0. The predicted octanol–water partition coefficient (Wildman–Crippen LogP) is 1.68. The van der Waals surface area contributed by atoms with Gasteiger partial charge in [0, 0.05) is 0 Å². The molecule has 0 saturated carbocycles. The lowest BCUT2D eigenvalue weighted by Crippen LogP contribution is -1.96. The molecule has 1 atom stereocenters. The molecule has 4 heteroatoms. The molecular formula is C11H13N3O. The van der Waals surface area contributed by atoms with Crippen molar-refractivity contribution in [1.82, 2.24) is 10.2 Å². The first-order chi connectivity index (χ1) is 7.31. The van der Waals surface area contributed by atoms with E-state index in [2.05, 4.69) is 10.2 Å². The highest BCUT2D eigenvalue weighted by molar-refractivity contribution is 5.23. The number of hydrogen-bond donors (Lipinski definition) is 1. The van der Waals surface area contributed by atoms with Gasteiger partial charge in [0.05, 0.1) is 12.5 Å². The average Bonchev–Trinajstić information content (AvgIpc) is 2.78. The summed E-state index contributed by atoms with van der Waals surface area (Å²) in [5, 5.41) is 7.81. The minimum Gasteiger partial charge on any atom is -0.423 e. The van der Waals surface area contributed by atoms with Gasteiger partial charge < -0.3 is 10.2 Å². The highest BCUT2D eigenvalue weighted by atomic mass is 16.4. The Labute approximate surface area is 88.1 Å². The molecule has 1 aromatic carbocycles. The first-order valence-corrected chi connectivity index (χ1v) is 4.88. The first-order valence-electron chi connectivity index (χ1n) is 4.88. The summed E-state index contributed by atoms with van der Waals surface area (Å²) in [7, 11) is 0. The molecule has 0 radical (unpaired) electrons. The zero-order valence-corrected chi connectivity index (χ0v) is 8.55. The lowest BCUT2D eigenvalue weighted by atomic mass is 10.0. The van der Waals surface area contributed by atoms with Gasteiger partial charge in [-0.2, -0.15) is 0 Å². The van der Waals surface area contributed by atoms with E-state index in [1.165, 1.54) is 0 Å². The maximum absolute atomic E-state index is 5.41. The number of nitrogens with zero attached hydrogens (tertiary/aromatic N) is 2. The van der Waals surface area contributed by atoms with Crippen LogP contribution in [0, 0.1) is 0 Å². The van der Waals surface area contributed by atoms with Crippen molar-refractivity contribution in [2.75, 3.05) is 0 Å². The minimum absolute atomic E-state index is 0.110. The lowest BCUT2D eigenvalue weighted by molar-refractivity contribution is 0.440. The van der Waals surface area contributed by atoms with Crippen LogP contribution in [0.3, 0.4) is 0 Å². The fourth-order valence-electron chi connectivity index (χ4n) is 1.41. The molecule has 0 saturated heterocycles. The average molecular weight is 203 g/mol. The molecule has 0 fully saturated rings. The molecule has 1 unspecified atom stereocenters. The second-order valence-electron chi connectivity index (χ2n) is 3.37. The molecule has 15 heavy (non-hydrogen) atoms. The summed E-state index contributed by atoms with van der Waals surface area (Å²) >= 11 is 0. The molecule has 78 valence electrons. The van der Waals surface area contributed by atoms with Crippen LogP contribution in [0.4, 0.5) is 0 Å². The van der Waals surface area contributed by atoms with Gasteiger partial charge in [-0.3, -0.25) is 0 Å². The second-order valence-corrected chi connectivity index (χ2v) is 3.37. The summed E-state index contributed by atoms with van der Waals surface area (Å²) in [4.78, 5) is 0. The Hall–Kier alpha value is -1.68. The number of aromatic nitrogens is 2. The molecule has 1 heterocycles. The summed E-state index contributed by atoms with van der Waals surface area (Å²) in [6.45, 7) is 2.32. The third-order valence-corrected chi connectivity index (χ3v) is 2.33. The lowest BCUT2D eigenvalue weighted by Gasteiger charge is -2.05. The molecule has 1 aromatic heterocycles. The van der Waals surface area contributed by atoms with Gasteiger partial charge >= 0.3 is 0 Å². The van der Waals surface area contributed by atoms with Gasteiger partial charge in [0.15, 0.2) is 0 Å². The molecular weight excluding hydrogens is 190 g/mol. The van der Waals surface area contributed by atoms with E-state index in [4.69, 9.17) is 10.2 Å². The van der Waals surface area contributed by atoms with Crippen LogP contribution in [0.25, 0.3) is 0 Å². The Morgan fingerprint density at radius 1 is 1.27 bits per heavy atom. The number of hydrogen-bond acceptors (Lipinski definition) is 4. The highest BCUT2D eigenvalue weighted by Crippen LogP contribution is 2.22. The smallest absolute Gasteiger partial charge is 0.230 e. The first kappa shape index (κ1) is 9.86. The normalized spacial score (nSPS) is 12.7. The van der Waals surface area contributed by atoms with Gasteiger partial charge in [-0.1, -0.05) is 30.3 Å². The van der Waals surface area contributed by atoms with E-state index in [0.717, 1.165) is 5.56 Å². The van der Waals surface area contributed by atoms with Gasteiger partial charge in [-0.25, -0.2) is 0 Å². The van der Waals surface area contributed by atoms with Crippen molar-refractivity contribution < 1.29 is 4.42 Å². The maximum Gasteiger partial charge on any atom is 0.230 e. The monoisotopic (exact) mass is 203 g/mol. The summed E-state index contributed by atoms with van der Waals surface area (Å²) in [6.07, 6.45) is 0. The van der Waals surface area contributed by atoms with Gasteiger partial charge in [-0.15, -0.1) is 10.2 Å². The Morgan fingerprint density at radius 2 is 2.00 bits per heavy atom. The molecule has 0 amide bonds. The van der Waals surface area contributed by atoms with Gasteiger partial charge in [-0.05, 0) is 12.5 Å². The SMILES string of the molecule is CC(c1ccccc1)c1nnc(CN)o1. The molecule has 0 aliphatic rings. The molecule has 2 rings (SSSR count). The molecule has 4 nitrogen and oxygen atoms in total. The van der Waals surface area contributed by atoms with Gasteiger partial charge in [0.1, 0.15) is 0 Å². The third kappa shape index (κ3) is 2.05. The van der Waals surface area contributed by atoms with Crippen LogP contribution >= 0.6 is 0 Å². The topological polar surface area (TPSA) is 64.9 Å². The third-order valence-electron chi connectivity index (χ3n) is 2.33. The van der Waals surface area contributed by atoms with Crippen LogP contribution < -0.4 is 5.73 Å². The Morgan fingerprint density at radius 3 is 2.60 bits per heavy atom. The fraction of sp³-hybridized carbons (Fsp3) is 0.273. The Balaban J connectivity index is 2.24. The van der Waals surface area contributed by atoms with Crippen LogP contribution in [0.1, 0.15) is 30.2 Å². The zero-order valence-electron chi connectivity index (χ0n) is 8.55. The zero-order chi connectivity index (χ0) is 10.7. The van der Waals surface area contributed by atoms with Gasteiger partial charge in [0.25, 0.3) is 0 Å². The molecule has 0 bridgehead atoms. The minimum atomic E-state index is 0.110. The molecule has 2 N–H and O–H groups in total. The van der Waals surface area contributed by atoms with E-state index in [9.17, 15) is 0 Å². The van der Waals surface area contributed by atoms with Crippen LogP contribution in [0.15, 0.2) is 34.7 Å². The summed E-state index contributed by atoms with van der Waals surface area (Å²) in [5.41, 5.74) is 6.56. The molecule has 2 aromatic rings. The Bertz CT molecular complexity index is 424. The predicted molar refractivity (Wildman–Crippen MR) is 56.1 cm³/mol. The highest BCUT2D eigenvalue weighted by Gasteiger charge is 2.14. The van der Waals surface area contributed by atoms with Crippen molar-refractivity contribution in [3.8, 4) is 0 Å². The second kappa shape index (κ2) is 4.23. The quantitative estimate of drug-likeness (QED) is 0.824. The van der Waals surface area contributed by atoms with Crippen molar-refractivity contribution in [3.05, 3.63) is 47.7 Å². The van der Waals surface area contributed by atoms with E-state index in [-0.39, 0.29) is 12.5 Å². The summed E-state index contributed by atoms with van der Waals surface area (Å²) < 4.78 is 5.40. The van der Waals surface area contributed by atoms with Crippen molar-refractivity contribution in [2.24, 2.45) is 5.73 Å². The van der Waals surface area contributed by atoms with Gasteiger partial charge in [0.2, 0.25) is 11.8 Å². The summed E-state index contributed by atoms with van der Waals surface area (Å²) in [5.74, 6) is 1.20. The van der Waals surface area contributed by atoms with Crippen molar-refractivity contribution in [1.29, 1.82) is 0 Å². The fourth-order valence-corrected chi connectivity index (χ4v) is 1.41. The van der Waals surface area contributed by atoms with E-state index >= 15 is 0 Å². The maximum atomic E-state index is 5.41. The number of nitrogens with two attached hydrogens (primary N) is 1. The number of rotatable bonds is 3. The van der Waals surface area contributed by atoms with Crippen molar-refractivity contribution in [3.63, 3.8) is 0 Å². The van der Waals surface area contributed by atoms with Crippen LogP contribution in [-0.2, 0) is 6.54 Å².